The Bertz CT molecular complexity index is 276. The number of nitrogens with one attached hydrogen (secondary N) is 1. The van der Waals surface area contributed by atoms with Crippen LogP contribution in [0.25, 0.3) is 0 Å². The van der Waals surface area contributed by atoms with Crippen LogP contribution in [0.3, 0.4) is 0 Å². The quantitative estimate of drug-likeness (QED) is 0.667. The zero-order chi connectivity index (χ0) is 11.0. The van der Waals surface area contributed by atoms with Crippen LogP contribution < -0.4 is 5.32 Å². The molecule has 1 saturated carbocycles. The molecule has 14 heavy (non-hydrogen) atoms. The minimum Gasteiger partial charge on any atom is -0.352 e. The largest absolute Gasteiger partial charge is 0.352 e. The number of rotatable bonds is 2. The number of carbonyl (C=O) groups excluding carboxylic acids is 1. The van der Waals surface area contributed by atoms with Gasteiger partial charge in [-0.2, -0.15) is 0 Å². The summed E-state index contributed by atoms with van der Waals surface area (Å²) in [5.74, 6) is 2.63. The van der Waals surface area contributed by atoms with Gasteiger partial charge in [-0.1, -0.05) is 26.7 Å². The summed E-state index contributed by atoms with van der Waals surface area (Å²) in [6, 6.07) is 0.154. The van der Waals surface area contributed by atoms with Gasteiger partial charge in [0.2, 0.25) is 5.91 Å². The Balaban J connectivity index is 2.55. The SMILES string of the molecule is C#CC1(C(=O)NC(C)C(C)(C)C)CC1. The highest BCUT2D eigenvalue weighted by atomic mass is 16.2. The third-order valence-electron chi connectivity index (χ3n) is 3.11. The van der Waals surface area contributed by atoms with E-state index in [1.54, 1.807) is 0 Å². The molecule has 0 saturated heterocycles. The molecule has 78 valence electrons. The fourth-order valence-electron chi connectivity index (χ4n) is 1.11. The Morgan fingerprint density at radius 3 is 2.29 bits per heavy atom. The normalized spacial score (nSPS) is 20.8. The van der Waals surface area contributed by atoms with E-state index in [1.807, 2.05) is 6.92 Å². The molecule has 0 bridgehead atoms. The molecule has 0 spiro atoms. The summed E-state index contributed by atoms with van der Waals surface area (Å²) in [6.45, 7) is 8.33. The van der Waals surface area contributed by atoms with Crippen LogP contribution in [0, 0.1) is 23.2 Å². The van der Waals surface area contributed by atoms with Gasteiger partial charge in [-0.25, -0.2) is 0 Å². The summed E-state index contributed by atoms with van der Waals surface area (Å²) in [4.78, 5) is 11.8. The second-order valence-corrected chi connectivity index (χ2v) is 5.29. The molecule has 1 aliphatic carbocycles. The molecule has 0 radical (unpaired) electrons. The number of hydrogen-bond donors (Lipinski definition) is 1. The molecule has 2 nitrogen and oxygen atoms in total. The Morgan fingerprint density at radius 1 is 1.50 bits per heavy atom. The monoisotopic (exact) mass is 193 g/mol. The van der Waals surface area contributed by atoms with Crippen molar-refractivity contribution in [3.05, 3.63) is 0 Å². The van der Waals surface area contributed by atoms with Crippen molar-refractivity contribution < 1.29 is 4.79 Å². The Morgan fingerprint density at radius 2 is 2.00 bits per heavy atom. The minimum absolute atomic E-state index is 0.0300. The van der Waals surface area contributed by atoms with Crippen molar-refractivity contribution in [2.45, 2.75) is 46.6 Å². The fraction of sp³-hybridized carbons (Fsp3) is 0.750. The van der Waals surface area contributed by atoms with Crippen LogP contribution in [0.5, 0.6) is 0 Å². The lowest BCUT2D eigenvalue weighted by Gasteiger charge is -2.29. The van der Waals surface area contributed by atoms with E-state index in [-0.39, 0.29) is 17.4 Å². The Hall–Kier alpha value is -0.970. The molecule has 1 unspecified atom stereocenters. The summed E-state index contributed by atoms with van der Waals surface area (Å²) in [5, 5.41) is 2.99. The standard InChI is InChI=1S/C12H19NO/c1-6-12(7-8-12)10(14)13-9(2)11(3,4)5/h1,9H,7-8H2,2-5H3,(H,13,14). The van der Waals surface area contributed by atoms with Crippen molar-refractivity contribution in [1.82, 2.24) is 5.32 Å². The maximum absolute atomic E-state index is 11.8. The van der Waals surface area contributed by atoms with Gasteiger partial charge in [-0.15, -0.1) is 6.42 Å². The second-order valence-electron chi connectivity index (χ2n) is 5.29. The Labute approximate surface area is 86.5 Å². The van der Waals surface area contributed by atoms with Crippen LogP contribution in [-0.4, -0.2) is 11.9 Å². The number of hydrogen-bond acceptors (Lipinski definition) is 1. The maximum Gasteiger partial charge on any atom is 0.238 e. The van der Waals surface area contributed by atoms with E-state index < -0.39 is 5.41 Å². The van der Waals surface area contributed by atoms with Crippen LogP contribution in [0.4, 0.5) is 0 Å². The molecular weight excluding hydrogens is 174 g/mol. The highest BCUT2D eigenvalue weighted by Crippen LogP contribution is 2.45. The summed E-state index contributed by atoms with van der Waals surface area (Å²) in [6.07, 6.45) is 7.02. The van der Waals surface area contributed by atoms with Crippen molar-refractivity contribution in [3.8, 4) is 12.3 Å². The highest BCUT2D eigenvalue weighted by molar-refractivity contribution is 5.88. The van der Waals surface area contributed by atoms with Crippen molar-refractivity contribution in [2.24, 2.45) is 10.8 Å². The molecule has 0 aromatic heterocycles. The van der Waals surface area contributed by atoms with E-state index in [0.717, 1.165) is 12.8 Å². The maximum atomic E-state index is 11.8. The summed E-state index contributed by atoms with van der Waals surface area (Å²) >= 11 is 0. The van der Waals surface area contributed by atoms with Gasteiger partial charge in [0.1, 0.15) is 5.41 Å². The average molecular weight is 193 g/mol. The zero-order valence-electron chi connectivity index (χ0n) is 9.48. The van der Waals surface area contributed by atoms with E-state index in [9.17, 15) is 4.79 Å². The third-order valence-corrected chi connectivity index (χ3v) is 3.11. The number of amides is 1. The molecule has 0 heterocycles. The summed E-state index contributed by atoms with van der Waals surface area (Å²) in [5.41, 5.74) is -0.389. The highest BCUT2D eigenvalue weighted by Gasteiger charge is 2.49. The van der Waals surface area contributed by atoms with E-state index in [1.165, 1.54) is 0 Å². The van der Waals surface area contributed by atoms with E-state index in [0.29, 0.717) is 0 Å². The van der Waals surface area contributed by atoms with Crippen LogP contribution >= 0.6 is 0 Å². The first kappa shape index (κ1) is 11.1. The molecule has 0 aromatic carbocycles. The van der Waals surface area contributed by atoms with E-state index >= 15 is 0 Å². The minimum atomic E-state index is -0.473. The van der Waals surface area contributed by atoms with Gasteiger partial charge in [-0.3, -0.25) is 4.79 Å². The van der Waals surface area contributed by atoms with Crippen molar-refractivity contribution in [3.63, 3.8) is 0 Å². The smallest absolute Gasteiger partial charge is 0.238 e. The van der Waals surface area contributed by atoms with Crippen molar-refractivity contribution in [1.29, 1.82) is 0 Å². The van der Waals surface area contributed by atoms with Crippen molar-refractivity contribution in [2.75, 3.05) is 0 Å². The summed E-state index contributed by atoms with van der Waals surface area (Å²) < 4.78 is 0. The molecule has 0 aliphatic heterocycles. The number of terminal acetylenes is 1. The summed E-state index contributed by atoms with van der Waals surface area (Å²) in [7, 11) is 0. The topological polar surface area (TPSA) is 29.1 Å². The molecular formula is C12H19NO. The lowest BCUT2D eigenvalue weighted by atomic mass is 9.87. The predicted octanol–water partition coefficient (Wildman–Crippen LogP) is 1.95. The van der Waals surface area contributed by atoms with E-state index in [2.05, 4.69) is 32.0 Å². The van der Waals surface area contributed by atoms with Crippen molar-refractivity contribution >= 4 is 5.91 Å². The van der Waals surface area contributed by atoms with Gasteiger partial charge in [-0.05, 0) is 25.2 Å². The van der Waals surface area contributed by atoms with Crippen LogP contribution in [0.2, 0.25) is 0 Å². The lowest BCUT2D eigenvalue weighted by Crippen LogP contribution is -2.44. The first-order valence-electron chi connectivity index (χ1n) is 5.10. The second kappa shape index (κ2) is 3.31. The molecule has 1 fully saturated rings. The van der Waals surface area contributed by atoms with Gasteiger partial charge >= 0.3 is 0 Å². The van der Waals surface area contributed by atoms with Gasteiger partial charge in [0, 0.05) is 6.04 Å². The average Bonchev–Trinajstić information content (AvgIpc) is 2.82. The van der Waals surface area contributed by atoms with Gasteiger partial charge in [0.25, 0.3) is 0 Å². The fourth-order valence-corrected chi connectivity index (χ4v) is 1.11. The third kappa shape index (κ3) is 2.09. The van der Waals surface area contributed by atoms with Crippen LogP contribution in [-0.2, 0) is 4.79 Å². The molecule has 1 aliphatic rings. The molecule has 1 rings (SSSR count). The number of carbonyl (C=O) groups is 1. The first-order chi connectivity index (χ1) is 6.32. The van der Waals surface area contributed by atoms with Crippen LogP contribution in [0.15, 0.2) is 0 Å². The predicted molar refractivity (Wildman–Crippen MR) is 57.6 cm³/mol. The molecule has 0 aromatic rings. The van der Waals surface area contributed by atoms with E-state index in [4.69, 9.17) is 6.42 Å². The van der Waals surface area contributed by atoms with Gasteiger partial charge < -0.3 is 5.32 Å². The first-order valence-corrected chi connectivity index (χ1v) is 5.10. The molecule has 1 atom stereocenters. The molecule has 2 heteroatoms. The van der Waals surface area contributed by atoms with Crippen LogP contribution in [0.1, 0.15) is 40.5 Å². The molecule has 1 amide bonds. The van der Waals surface area contributed by atoms with Gasteiger partial charge in [0.15, 0.2) is 0 Å². The Kier molecular flexibility index (Phi) is 2.63. The van der Waals surface area contributed by atoms with Gasteiger partial charge in [0.05, 0.1) is 0 Å². The zero-order valence-corrected chi connectivity index (χ0v) is 9.48. The lowest BCUT2D eigenvalue weighted by molar-refractivity contribution is -0.125. The molecule has 1 N–H and O–H groups in total.